The Labute approximate surface area is 126 Å². The lowest BCUT2D eigenvalue weighted by molar-refractivity contribution is -0.118. The number of benzene rings is 1. The van der Waals surface area contributed by atoms with Crippen molar-refractivity contribution in [2.75, 3.05) is 25.9 Å². The fourth-order valence-corrected chi connectivity index (χ4v) is 2.47. The van der Waals surface area contributed by atoms with Gasteiger partial charge in [0, 0.05) is 11.4 Å². The Balaban J connectivity index is 2.33. The van der Waals surface area contributed by atoms with Crippen LogP contribution in [0.2, 0.25) is 0 Å². The summed E-state index contributed by atoms with van der Waals surface area (Å²) in [6.07, 6.45) is 0.965. The quantitative estimate of drug-likeness (QED) is 0.600. The molecule has 4 heteroatoms. The van der Waals surface area contributed by atoms with E-state index in [1.165, 1.54) is 5.56 Å². The van der Waals surface area contributed by atoms with Crippen LogP contribution < -0.4 is 10.6 Å². The van der Waals surface area contributed by atoms with E-state index in [1.54, 1.807) is 11.8 Å². The summed E-state index contributed by atoms with van der Waals surface area (Å²) in [6.45, 7) is 8.28. The number of thioether (sulfide) groups is 1. The molecule has 112 valence electrons. The van der Waals surface area contributed by atoms with E-state index < -0.39 is 0 Å². The zero-order chi connectivity index (χ0) is 15.0. The Hall–Kier alpha value is -1.00. The van der Waals surface area contributed by atoms with Crippen LogP contribution in [0.1, 0.15) is 32.8 Å². The second-order valence-electron chi connectivity index (χ2n) is 5.87. The molecule has 0 fully saturated rings. The van der Waals surface area contributed by atoms with Crippen LogP contribution in [0.5, 0.6) is 0 Å². The van der Waals surface area contributed by atoms with Crippen molar-refractivity contribution in [2.45, 2.75) is 37.5 Å². The van der Waals surface area contributed by atoms with Crippen molar-refractivity contribution >= 4 is 17.7 Å². The highest BCUT2D eigenvalue weighted by Gasteiger charge is 2.13. The molecule has 0 spiro atoms. The molecule has 1 rings (SSSR count). The van der Waals surface area contributed by atoms with Crippen molar-refractivity contribution < 1.29 is 4.79 Å². The van der Waals surface area contributed by atoms with Gasteiger partial charge >= 0.3 is 0 Å². The number of hydrogen-bond acceptors (Lipinski definition) is 3. The van der Waals surface area contributed by atoms with Gasteiger partial charge in [-0.1, -0.05) is 32.9 Å². The molecule has 1 aromatic rings. The highest BCUT2D eigenvalue weighted by molar-refractivity contribution is 8.00. The smallest absolute Gasteiger partial charge is 0.230 e. The minimum Gasteiger partial charge on any atom is -0.355 e. The summed E-state index contributed by atoms with van der Waals surface area (Å²) < 4.78 is 0. The maximum atomic E-state index is 11.7. The van der Waals surface area contributed by atoms with Crippen molar-refractivity contribution in [1.29, 1.82) is 0 Å². The predicted molar refractivity (Wildman–Crippen MR) is 87.4 cm³/mol. The van der Waals surface area contributed by atoms with Gasteiger partial charge in [-0.15, -0.1) is 11.8 Å². The molecular weight excluding hydrogens is 268 g/mol. The standard InChI is InChI=1S/C16H26N2OS/c1-16(2,3)13-6-8-14(9-7-13)20-12-15(19)18-11-5-10-17-4/h6-9,17H,5,10-12H2,1-4H3,(H,18,19). The molecule has 3 nitrogen and oxygen atoms in total. The third-order valence-corrected chi connectivity index (χ3v) is 4.03. The van der Waals surface area contributed by atoms with Crippen LogP contribution in [0.4, 0.5) is 0 Å². The Bertz CT molecular complexity index is 409. The van der Waals surface area contributed by atoms with Crippen molar-refractivity contribution in [1.82, 2.24) is 10.6 Å². The average Bonchev–Trinajstić information content (AvgIpc) is 2.41. The summed E-state index contributed by atoms with van der Waals surface area (Å²) in [7, 11) is 1.92. The van der Waals surface area contributed by atoms with Gasteiger partial charge < -0.3 is 10.6 Å². The summed E-state index contributed by atoms with van der Waals surface area (Å²) in [5.74, 6) is 0.583. The van der Waals surface area contributed by atoms with Crippen LogP contribution >= 0.6 is 11.8 Å². The lowest BCUT2D eigenvalue weighted by Crippen LogP contribution is -2.27. The SMILES string of the molecule is CNCCCNC(=O)CSc1ccc(C(C)(C)C)cc1. The monoisotopic (exact) mass is 294 g/mol. The lowest BCUT2D eigenvalue weighted by Gasteiger charge is -2.19. The number of carbonyl (C=O) groups excluding carboxylic acids is 1. The second-order valence-corrected chi connectivity index (χ2v) is 6.92. The third-order valence-electron chi connectivity index (χ3n) is 3.02. The molecule has 1 aromatic carbocycles. The molecule has 0 bridgehead atoms. The predicted octanol–water partition coefficient (Wildman–Crippen LogP) is 2.80. The van der Waals surface area contributed by atoms with Crippen LogP contribution in [0.15, 0.2) is 29.2 Å². The normalized spacial score (nSPS) is 11.4. The van der Waals surface area contributed by atoms with E-state index in [4.69, 9.17) is 0 Å². The highest BCUT2D eigenvalue weighted by Crippen LogP contribution is 2.25. The van der Waals surface area contributed by atoms with Crippen LogP contribution in [-0.4, -0.2) is 31.8 Å². The van der Waals surface area contributed by atoms with E-state index >= 15 is 0 Å². The number of amides is 1. The lowest BCUT2D eigenvalue weighted by atomic mass is 9.87. The van der Waals surface area contributed by atoms with E-state index in [-0.39, 0.29) is 11.3 Å². The first-order valence-corrected chi connectivity index (χ1v) is 8.06. The molecule has 0 aliphatic rings. The molecule has 0 radical (unpaired) electrons. The van der Waals surface area contributed by atoms with Gasteiger partial charge in [-0.05, 0) is 43.1 Å². The van der Waals surface area contributed by atoms with Crippen molar-refractivity contribution in [3.05, 3.63) is 29.8 Å². The third kappa shape index (κ3) is 6.44. The van der Waals surface area contributed by atoms with E-state index in [2.05, 4.69) is 55.7 Å². The Morgan fingerprint density at radius 2 is 1.80 bits per heavy atom. The summed E-state index contributed by atoms with van der Waals surface area (Å²) in [4.78, 5) is 12.8. The summed E-state index contributed by atoms with van der Waals surface area (Å²) >= 11 is 1.58. The molecule has 0 saturated carbocycles. The summed E-state index contributed by atoms with van der Waals surface area (Å²) in [6, 6.07) is 8.49. The van der Waals surface area contributed by atoms with Gasteiger partial charge in [0.1, 0.15) is 0 Å². The summed E-state index contributed by atoms with van der Waals surface area (Å²) in [5.41, 5.74) is 1.49. The average molecular weight is 294 g/mol. The fraction of sp³-hybridized carbons (Fsp3) is 0.562. The molecule has 0 aliphatic carbocycles. The molecule has 0 aliphatic heterocycles. The highest BCUT2D eigenvalue weighted by atomic mass is 32.2. The molecule has 1 amide bonds. The van der Waals surface area contributed by atoms with Crippen molar-refractivity contribution in [3.63, 3.8) is 0 Å². The summed E-state index contributed by atoms with van der Waals surface area (Å²) in [5, 5.41) is 5.98. The maximum Gasteiger partial charge on any atom is 0.230 e. The Morgan fingerprint density at radius 1 is 1.15 bits per heavy atom. The first kappa shape index (κ1) is 17.1. The van der Waals surface area contributed by atoms with Crippen LogP contribution in [-0.2, 0) is 10.2 Å². The fourth-order valence-electron chi connectivity index (χ4n) is 1.74. The first-order chi connectivity index (χ1) is 9.43. The molecule has 0 heterocycles. The van der Waals surface area contributed by atoms with E-state index in [9.17, 15) is 4.79 Å². The van der Waals surface area contributed by atoms with Gasteiger partial charge in [0.25, 0.3) is 0 Å². The van der Waals surface area contributed by atoms with Crippen LogP contribution in [0.3, 0.4) is 0 Å². The van der Waals surface area contributed by atoms with Crippen molar-refractivity contribution in [3.8, 4) is 0 Å². The zero-order valence-corrected chi connectivity index (χ0v) is 13.8. The Morgan fingerprint density at radius 3 is 2.35 bits per heavy atom. The maximum absolute atomic E-state index is 11.7. The van der Waals surface area contributed by atoms with E-state index in [1.807, 2.05) is 7.05 Å². The number of rotatable bonds is 7. The molecule has 20 heavy (non-hydrogen) atoms. The molecule has 0 saturated heterocycles. The number of carbonyl (C=O) groups is 1. The van der Waals surface area contributed by atoms with Crippen LogP contribution in [0, 0.1) is 0 Å². The topological polar surface area (TPSA) is 41.1 Å². The van der Waals surface area contributed by atoms with Crippen molar-refractivity contribution in [2.24, 2.45) is 0 Å². The molecular formula is C16H26N2OS. The molecule has 0 atom stereocenters. The van der Waals surface area contributed by atoms with Gasteiger partial charge in [-0.3, -0.25) is 4.79 Å². The van der Waals surface area contributed by atoms with Gasteiger partial charge in [0.15, 0.2) is 0 Å². The van der Waals surface area contributed by atoms with Gasteiger partial charge in [-0.2, -0.15) is 0 Å². The van der Waals surface area contributed by atoms with Gasteiger partial charge in [0.2, 0.25) is 5.91 Å². The second kappa shape index (κ2) is 8.32. The molecule has 0 aromatic heterocycles. The number of nitrogens with one attached hydrogen (secondary N) is 2. The molecule has 0 unspecified atom stereocenters. The Kier molecular flexibility index (Phi) is 7.10. The minimum absolute atomic E-state index is 0.103. The van der Waals surface area contributed by atoms with Gasteiger partial charge in [0.05, 0.1) is 5.75 Å². The van der Waals surface area contributed by atoms with E-state index in [0.717, 1.165) is 24.4 Å². The largest absolute Gasteiger partial charge is 0.355 e. The zero-order valence-electron chi connectivity index (χ0n) is 13.0. The van der Waals surface area contributed by atoms with Crippen LogP contribution in [0.25, 0.3) is 0 Å². The van der Waals surface area contributed by atoms with Gasteiger partial charge in [-0.25, -0.2) is 0 Å². The molecule has 2 N–H and O–H groups in total. The number of hydrogen-bond donors (Lipinski definition) is 2. The minimum atomic E-state index is 0.103. The van der Waals surface area contributed by atoms with E-state index in [0.29, 0.717) is 5.75 Å². The first-order valence-electron chi connectivity index (χ1n) is 7.08.